The second-order valence-corrected chi connectivity index (χ2v) is 6.70. The van der Waals surface area contributed by atoms with Gasteiger partial charge in [0.2, 0.25) is 0 Å². The largest absolute Gasteiger partial charge is 0.497 e. The highest BCUT2D eigenvalue weighted by atomic mass is 32.1. The highest BCUT2D eigenvalue weighted by Crippen LogP contribution is 2.26. The summed E-state index contributed by atoms with van der Waals surface area (Å²) in [7, 11) is 3.35. The predicted octanol–water partition coefficient (Wildman–Crippen LogP) is 3.61. The van der Waals surface area contributed by atoms with E-state index in [0.717, 1.165) is 41.9 Å². The average Bonchev–Trinajstić information content (AvgIpc) is 2.68. The number of nitrogens with one attached hydrogen (secondary N) is 1. The number of benzene rings is 2. The van der Waals surface area contributed by atoms with Gasteiger partial charge in [0, 0.05) is 31.4 Å². The second-order valence-electron chi connectivity index (χ2n) is 6.32. The molecule has 0 spiro atoms. The predicted molar refractivity (Wildman–Crippen MR) is 111 cm³/mol. The van der Waals surface area contributed by atoms with E-state index in [4.69, 9.17) is 21.7 Å². The lowest BCUT2D eigenvalue weighted by atomic mass is 10.1. The van der Waals surface area contributed by atoms with Crippen LogP contribution in [0.25, 0.3) is 0 Å². The molecule has 1 N–H and O–H groups in total. The first-order valence-electron chi connectivity index (χ1n) is 8.72. The van der Waals surface area contributed by atoms with Crippen LogP contribution in [0.3, 0.4) is 0 Å². The van der Waals surface area contributed by atoms with Crippen LogP contribution in [0.15, 0.2) is 48.5 Å². The minimum atomic E-state index is 0.356. The van der Waals surface area contributed by atoms with E-state index in [-0.39, 0.29) is 0 Å². The second kappa shape index (κ2) is 8.27. The molecule has 0 aromatic heterocycles. The molecule has 1 aliphatic rings. The van der Waals surface area contributed by atoms with Gasteiger partial charge in [-0.25, -0.2) is 0 Å². The van der Waals surface area contributed by atoms with Crippen molar-refractivity contribution in [2.45, 2.75) is 13.0 Å². The zero-order valence-electron chi connectivity index (χ0n) is 15.4. The molecule has 0 aliphatic carbocycles. The Morgan fingerprint density at radius 1 is 1.04 bits per heavy atom. The van der Waals surface area contributed by atoms with E-state index >= 15 is 0 Å². The third-order valence-electron chi connectivity index (χ3n) is 4.67. The molecule has 2 aromatic carbocycles. The first kappa shape index (κ1) is 18.3. The van der Waals surface area contributed by atoms with Gasteiger partial charge in [-0.3, -0.25) is 0 Å². The summed E-state index contributed by atoms with van der Waals surface area (Å²) in [5.41, 5.74) is 2.10. The molecule has 1 fully saturated rings. The van der Waals surface area contributed by atoms with Crippen molar-refractivity contribution in [3.63, 3.8) is 0 Å². The Balaban J connectivity index is 1.63. The monoisotopic (exact) mass is 371 g/mol. The molecular formula is C20H25N3O2S. The van der Waals surface area contributed by atoms with E-state index in [9.17, 15) is 0 Å². The third kappa shape index (κ3) is 4.02. The van der Waals surface area contributed by atoms with Crippen LogP contribution in [0.4, 0.5) is 11.4 Å². The molecule has 3 rings (SSSR count). The zero-order chi connectivity index (χ0) is 18.5. The van der Waals surface area contributed by atoms with Crippen molar-refractivity contribution < 1.29 is 9.47 Å². The summed E-state index contributed by atoms with van der Waals surface area (Å²) in [4.78, 5) is 4.62. The van der Waals surface area contributed by atoms with Gasteiger partial charge in [0.15, 0.2) is 5.11 Å². The number of ether oxygens (including phenoxy) is 2. The molecule has 6 heteroatoms. The average molecular weight is 372 g/mol. The third-order valence-corrected chi connectivity index (χ3v) is 5.03. The normalized spacial score (nSPS) is 17.0. The fraction of sp³-hybridized carbons (Fsp3) is 0.350. The lowest BCUT2D eigenvalue weighted by Crippen LogP contribution is -2.54. The molecule has 5 nitrogen and oxygen atoms in total. The van der Waals surface area contributed by atoms with Crippen molar-refractivity contribution >= 4 is 28.7 Å². The van der Waals surface area contributed by atoms with E-state index in [2.05, 4.69) is 34.2 Å². The molecule has 138 valence electrons. The summed E-state index contributed by atoms with van der Waals surface area (Å²) in [6.07, 6.45) is 0. The van der Waals surface area contributed by atoms with Gasteiger partial charge in [0.25, 0.3) is 0 Å². The summed E-state index contributed by atoms with van der Waals surface area (Å²) in [5.74, 6) is 1.67. The first-order valence-corrected chi connectivity index (χ1v) is 9.13. The number of hydrogen-bond donors (Lipinski definition) is 1. The quantitative estimate of drug-likeness (QED) is 0.828. The van der Waals surface area contributed by atoms with Crippen molar-refractivity contribution in [3.05, 3.63) is 48.5 Å². The highest BCUT2D eigenvalue weighted by Gasteiger charge is 2.25. The maximum atomic E-state index is 5.63. The van der Waals surface area contributed by atoms with Gasteiger partial charge in [-0.05, 0) is 55.5 Å². The fourth-order valence-corrected chi connectivity index (χ4v) is 3.52. The van der Waals surface area contributed by atoms with Gasteiger partial charge in [-0.1, -0.05) is 12.1 Å². The number of anilines is 2. The molecule has 0 saturated carbocycles. The lowest BCUT2D eigenvalue weighted by Gasteiger charge is -2.42. The number of methoxy groups -OCH3 is 2. The Morgan fingerprint density at radius 2 is 1.77 bits per heavy atom. The van der Waals surface area contributed by atoms with Gasteiger partial charge in [-0.2, -0.15) is 0 Å². The molecule has 1 unspecified atom stereocenters. The van der Waals surface area contributed by atoms with Crippen LogP contribution in [0.1, 0.15) is 6.92 Å². The van der Waals surface area contributed by atoms with Gasteiger partial charge in [0.1, 0.15) is 11.5 Å². The first-order chi connectivity index (χ1) is 12.6. The van der Waals surface area contributed by atoms with Crippen LogP contribution in [0, 0.1) is 0 Å². The highest BCUT2D eigenvalue weighted by molar-refractivity contribution is 7.80. The molecule has 0 bridgehead atoms. The van der Waals surface area contributed by atoms with E-state index in [1.54, 1.807) is 14.2 Å². The van der Waals surface area contributed by atoms with Crippen LogP contribution < -0.4 is 19.7 Å². The van der Waals surface area contributed by atoms with Crippen molar-refractivity contribution in [1.29, 1.82) is 0 Å². The fourth-order valence-electron chi connectivity index (χ4n) is 3.24. The molecule has 1 atom stereocenters. The number of para-hydroxylation sites is 2. The molecule has 1 heterocycles. The Labute approximate surface area is 160 Å². The van der Waals surface area contributed by atoms with Gasteiger partial charge < -0.3 is 24.6 Å². The SMILES string of the molecule is COc1ccc(N2CCN(C(=S)Nc3ccccc3OC)CC2C)cc1. The van der Waals surface area contributed by atoms with Crippen molar-refractivity contribution in [2.75, 3.05) is 44.1 Å². The summed E-state index contributed by atoms with van der Waals surface area (Å²) in [5, 5.41) is 4.05. The van der Waals surface area contributed by atoms with Crippen molar-refractivity contribution in [2.24, 2.45) is 0 Å². The number of rotatable bonds is 4. The number of piperazine rings is 1. The number of thiocarbonyl (C=S) groups is 1. The maximum Gasteiger partial charge on any atom is 0.173 e. The smallest absolute Gasteiger partial charge is 0.173 e. The Bertz CT molecular complexity index is 751. The Hall–Kier alpha value is -2.47. The summed E-state index contributed by atoms with van der Waals surface area (Å²) >= 11 is 5.63. The standard InChI is InChI=1S/C20H25N3O2S/c1-15-14-22(20(26)21-18-6-4-5-7-19(18)25-3)12-13-23(15)16-8-10-17(24-2)11-9-16/h4-11,15H,12-14H2,1-3H3,(H,21,26). The summed E-state index contributed by atoms with van der Waals surface area (Å²) < 4.78 is 10.6. The van der Waals surface area contributed by atoms with Crippen LogP contribution in [0.2, 0.25) is 0 Å². The van der Waals surface area contributed by atoms with Gasteiger partial charge >= 0.3 is 0 Å². The van der Waals surface area contributed by atoms with Crippen LogP contribution in [-0.4, -0.2) is 49.9 Å². The van der Waals surface area contributed by atoms with Crippen LogP contribution >= 0.6 is 12.2 Å². The van der Waals surface area contributed by atoms with Gasteiger partial charge in [0.05, 0.1) is 19.9 Å². The van der Waals surface area contributed by atoms with E-state index in [1.807, 2.05) is 36.4 Å². The molecule has 26 heavy (non-hydrogen) atoms. The lowest BCUT2D eigenvalue weighted by molar-refractivity contribution is 0.342. The minimum Gasteiger partial charge on any atom is -0.497 e. The molecule has 2 aromatic rings. The van der Waals surface area contributed by atoms with Crippen molar-refractivity contribution in [3.8, 4) is 11.5 Å². The van der Waals surface area contributed by atoms with E-state index in [0.29, 0.717) is 6.04 Å². The molecule has 1 saturated heterocycles. The number of nitrogens with zero attached hydrogens (tertiary/aromatic N) is 2. The van der Waals surface area contributed by atoms with Gasteiger partial charge in [-0.15, -0.1) is 0 Å². The topological polar surface area (TPSA) is 37.0 Å². The van der Waals surface area contributed by atoms with Crippen molar-refractivity contribution in [1.82, 2.24) is 4.90 Å². The molecule has 0 radical (unpaired) electrons. The summed E-state index contributed by atoms with van der Waals surface area (Å²) in [6, 6.07) is 16.4. The molecule has 1 aliphatic heterocycles. The van der Waals surface area contributed by atoms with E-state index in [1.165, 1.54) is 5.69 Å². The number of hydrogen-bond acceptors (Lipinski definition) is 4. The maximum absolute atomic E-state index is 5.63. The zero-order valence-corrected chi connectivity index (χ0v) is 16.3. The van der Waals surface area contributed by atoms with Crippen LogP contribution in [0.5, 0.6) is 11.5 Å². The summed E-state index contributed by atoms with van der Waals surface area (Å²) in [6.45, 7) is 4.88. The Kier molecular flexibility index (Phi) is 5.83. The van der Waals surface area contributed by atoms with E-state index < -0.39 is 0 Å². The molecule has 0 amide bonds. The Morgan fingerprint density at radius 3 is 2.42 bits per heavy atom. The molecular weight excluding hydrogens is 346 g/mol. The minimum absolute atomic E-state index is 0.356. The van der Waals surface area contributed by atoms with Crippen LogP contribution in [-0.2, 0) is 0 Å².